The van der Waals surface area contributed by atoms with Crippen molar-refractivity contribution in [1.29, 1.82) is 0 Å². The molecule has 0 radical (unpaired) electrons. The van der Waals surface area contributed by atoms with Crippen LogP contribution in [0.3, 0.4) is 0 Å². The molecule has 7 nitrogen and oxygen atoms in total. The molecule has 1 aromatic heterocycles. The zero-order valence-corrected chi connectivity index (χ0v) is 15.0. The van der Waals surface area contributed by atoms with E-state index in [0.717, 1.165) is 31.7 Å². The predicted octanol–water partition coefficient (Wildman–Crippen LogP) is 0.958. The number of carbonyl (C=O) groups is 2. The highest BCUT2D eigenvalue weighted by atomic mass is 32.1. The van der Waals surface area contributed by atoms with Crippen molar-refractivity contribution in [3.8, 4) is 0 Å². The molecular formula is C16H23N5O2S. The standard InChI is InChI=1S/C16H23N5O2S/c1-3-14-17-12(11-24-14)10-20-6-8-21(9-7-20)16(23)13-4-5-15(22)19(2)18-13/h11H,3-10H2,1-2H3. The Hall–Kier alpha value is -1.80. The number of hydrazone groups is 1. The first-order valence-electron chi connectivity index (χ1n) is 8.35. The Labute approximate surface area is 145 Å². The second-order valence-electron chi connectivity index (χ2n) is 6.12. The van der Waals surface area contributed by atoms with E-state index in [9.17, 15) is 9.59 Å². The number of aryl methyl sites for hydroxylation is 1. The Bertz CT molecular complexity index is 649. The topological polar surface area (TPSA) is 69.1 Å². The molecule has 0 aromatic carbocycles. The van der Waals surface area contributed by atoms with Crippen LogP contribution in [0.15, 0.2) is 10.5 Å². The van der Waals surface area contributed by atoms with E-state index in [-0.39, 0.29) is 11.8 Å². The SMILES string of the molecule is CCc1nc(CN2CCN(C(=O)C3=NN(C)C(=O)CC3)CC2)cs1. The van der Waals surface area contributed by atoms with Gasteiger partial charge in [0.2, 0.25) is 5.91 Å². The summed E-state index contributed by atoms with van der Waals surface area (Å²) in [6, 6.07) is 0. The summed E-state index contributed by atoms with van der Waals surface area (Å²) in [6.07, 6.45) is 1.79. The monoisotopic (exact) mass is 349 g/mol. The van der Waals surface area contributed by atoms with Crippen molar-refractivity contribution < 1.29 is 9.59 Å². The Morgan fingerprint density at radius 3 is 2.62 bits per heavy atom. The fourth-order valence-corrected chi connectivity index (χ4v) is 3.66. The van der Waals surface area contributed by atoms with Crippen molar-refractivity contribution in [2.45, 2.75) is 32.7 Å². The lowest BCUT2D eigenvalue weighted by atomic mass is 10.1. The van der Waals surface area contributed by atoms with Gasteiger partial charge in [-0.2, -0.15) is 5.10 Å². The lowest BCUT2D eigenvalue weighted by Crippen LogP contribution is -2.51. The summed E-state index contributed by atoms with van der Waals surface area (Å²) in [5, 5.41) is 8.70. The third-order valence-electron chi connectivity index (χ3n) is 4.40. The smallest absolute Gasteiger partial charge is 0.270 e. The van der Waals surface area contributed by atoms with E-state index >= 15 is 0 Å². The van der Waals surface area contributed by atoms with Gasteiger partial charge in [0.1, 0.15) is 5.71 Å². The van der Waals surface area contributed by atoms with Crippen LogP contribution in [-0.4, -0.2) is 70.5 Å². The summed E-state index contributed by atoms with van der Waals surface area (Å²) < 4.78 is 0. The van der Waals surface area contributed by atoms with Crippen LogP contribution in [0.25, 0.3) is 0 Å². The molecule has 2 aliphatic rings. The highest BCUT2D eigenvalue weighted by molar-refractivity contribution is 7.09. The van der Waals surface area contributed by atoms with Crippen LogP contribution in [0.5, 0.6) is 0 Å². The van der Waals surface area contributed by atoms with Gasteiger partial charge in [0.25, 0.3) is 5.91 Å². The number of aromatic nitrogens is 1. The number of rotatable bonds is 4. The van der Waals surface area contributed by atoms with E-state index in [2.05, 4.69) is 27.3 Å². The number of nitrogens with zero attached hydrogens (tertiary/aromatic N) is 5. The average molecular weight is 349 g/mol. The van der Waals surface area contributed by atoms with Gasteiger partial charge in [-0.3, -0.25) is 14.5 Å². The van der Waals surface area contributed by atoms with Crippen LogP contribution in [0.2, 0.25) is 0 Å². The van der Waals surface area contributed by atoms with Crippen LogP contribution >= 0.6 is 11.3 Å². The van der Waals surface area contributed by atoms with Crippen molar-refractivity contribution in [3.63, 3.8) is 0 Å². The van der Waals surface area contributed by atoms with Gasteiger partial charge in [-0.25, -0.2) is 9.99 Å². The lowest BCUT2D eigenvalue weighted by molar-refractivity contribution is -0.131. The van der Waals surface area contributed by atoms with Crippen molar-refractivity contribution >= 4 is 28.9 Å². The third-order valence-corrected chi connectivity index (χ3v) is 5.44. The Balaban J connectivity index is 1.52. The second-order valence-corrected chi connectivity index (χ2v) is 7.06. The first-order valence-corrected chi connectivity index (χ1v) is 9.23. The first-order chi connectivity index (χ1) is 11.6. The van der Waals surface area contributed by atoms with Crippen molar-refractivity contribution in [3.05, 3.63) is 16.1 Å². The molecule has 0 unspecified atom stereocenters. The van der Waals surface area contributed by atoms with Gasteiger partial charge < -0.3 is 4.90 Å². The largest absolute Gasteiger partial charge is 0.335 e. The normalized spacial score (nSPS) is 19.6. The molecule has 1 saturated heterocycles. The summed E-state index contributed by atoms with van der Waals surface area (Å²) >= 11 is 1.71. The Morgan fingerprint density at radius 2 is 2.00 bits per heavy atom. The van der Waals surface area contributed by atoms with Crippen LogP contribution in [0.4, 0.5) is 0 Å². The minimum atomic E-state index is -0.0360. The lowest BCUT2D eigenvalue weighted by Gasteiger charge is -2.35. The molecule has 0 saturated carbocycles. The van der Waals surface area contributed by atoms with Crippen molar-refractivity contribution in [2.75, 3.05) is 33.2 Å². The van der Waals surface area contributed by atoms with Crippen molar-refractivity contribution in [2.24, 2.45) is 5.10 Å². The van der Waals surface area contributed by atoms with Gasteiger partial charge in [-0.1, -0.05) is 6.92 Å². The maximum Gasteiger partial charge on any atom is 0.270 e. The summed E-state index contributed by atoms with van der Waals surface area (Å²) in [5.41, 5.74) is 1.62. The third kappa shape index (κ3) is 3.81. The maximum absolute atomic E-state index is 12.5. The molecule has 0 bridgehead atoms. The number of carbonyl (C=O) groups excluding carboxylic acids is 2. The number of amides is 2. The maximum atomic E-state index is 12.5. The summed E-state index contributed by atoms with van der Waals surface area (Å²) in [4.78, 5) is 32.8. The molecule has 24 heavy (non-hydrogen) atoms. The van der Waals surface area contributed by atoms with E-state index in [0.29, 0.717) is 31.6 Å². The van der Waals surface area contributed by atoms with Gasteiger partial charge >= 0.3 is 0 Å². The fourth-order valence-electron chi connectivity index (χ4n) is 2.93. The average Bonchev–Trinajstić information content (AvgIpc) is 3.05. The van der Waals surface area contributed by atoms with Crippen LogP contribution in [0.1, 0.15) is 30.5 Å². The van der Waals surface area contributed by atoms with Crippen LogP contribution in [-0.2, 0) is 22.6 Å². The number of hydrogen-bond acceptors (Lipinski definition) is 6. The molecule has 8 heteroatoms. The van der Waals surface area contributed by atoms with E-state index < -0.39 is 0 Å². The minimum absolute atomic E-state index is 0.0315. The van der Waals surface area contributed by atoms with Gasteiger partial charge in [0, 0.05) is 58.0 Å². The van der Waals surface area contributed by atoms with Crippen LogP contribution in [0, 0.1) is 0 Å². The number of hydrogen-bond donors (Lipinski definition) is 0. The summed E-state index contributed by atoms with van der Waals surface area (Å²) in [7, 11) is 1.60. The fraction of sp³-hybridized carbons (Fsp3) is 0.625. The highest BCUT2D eigenvalue weighted by Crippen LogP contribution is 2.15. The Morgan fingerprint density at radius 1 is 1.25 bits per heavy atom. The molecular weight excluding hydrogens is 326 g/mol. The molecule has 0 atom stereocenters. The zero-order chi connectivity index (χ0) is 17.1. The molecule has 0 aliphatic carbocycles. The molecule has 2 amide bonds. The predicted molar refractivity (Wildman–Crippen MR) is 92.8 cm³/mol. The minimum Gasteiger partial charge on any atom is -0.335 e. The molecule has 130 valence electrons. The molecule has 1 aromatic rings. The van der Waals surface area contributed by atoms with Crippen LogP contribution < -0.4 is 0 Å². The van der Waals surface area contributed by atoms with E-state index in [1.54, 1.807) is 18.4 Å². The van der Waals surface area contributed by atoms with Gasteiger partial charge in [0.05, 0.1) is 10.7 Å². The molecule has 0 spiro atoms. The van der Waals surface area contributed by atoms with Gasteiger partial charge in [0.15, 0.2) is 0 Å². The number of thiazole rings is 1. The molecule has 2 aliphatic heterocycles. The Kier molecular flexibility index (Phi) is 5.25. The molecule has 3 rings (SSSR count). The quantitative estimate of drug-likeness (QED) is 0.812. The molecule has 3 heterocycles. The highest BCUT2D eigenvalue weighted by Gasteiger charge is 2.28. The van der Waals surface area contributed by atoms with E-state index in [1.807, 2.05) is 4.90 Å². The first kappa shape index (κ1) is 17.0. The van der Waals surface area contributed by atoms with Gasteiger partial charge in [-0.05, 0) is 6.42 Å². The number of piperazine rings is 1. The summed E-state index contributed by atoms with van der Waals surface area (Å²) in [6.45, 7) is 6.03. The molecule has 0 N–H and O–H groups in total. The van der Waals surface area contributed by atoms with E-state index in [4.69, 9.17) is 0 Å². The zero-order valence-electron chi connectivity index (χ0n) is 14.2. The summed E-state index contributed by atoms with van der Waals surface area (Å²) in [5.74, 6) is -0.0676. The molecule has 1 fully saturated rings. The van der Waals surface area contributed by atoms with Gasteiger partial charge in [-0.15, -0.1) is 11.3 Å². The van der Waals surface area contributed by atoms with E-state index in [1.165, 1.54) is 10.0 Å². The van der Waals surface area contributed by atoms with Crippen molar-refractivity contribution in [1.82, 2.24) is 19.8 Å². The second kappa shape index (κ2) is 7.40.